The number of hydrogen-bond acceptors (Lipinski definition) is 5. The Kier molecular flexibility index (Phi) is 9.97. The van der Waals surface area contributed by atoms with Gasteiger partial charge in [-0.25, -0.2) is 4.98 Å². The molecule has 1 aliphatic rings. The zero-order valence-corrected chi connectivity index (χ0v) is 22.2. The van der Waals surface area contributed by atoms with Crippen LogP contribution in [-0.2, 0) is 26.1 Å². The average Bonchev–Trinajstić information content (AvgIpc) is 3.60. The molecule has 37 heavy (non-hydrogen) atoms. The zero-order chi connectivity index (χ0) is 25.9. The van der Waals surface area contributed by atoms with E-state index in [4.69, 9.17) is 0 Å². The molecular formula is C31H39N5O. The molecule has 3 aromatic rings. The molecule has 0 fully saturated rings. The van der Waals surface area contributed by atoms with Gasteiger partial charge in [-0.05, 0) is 42.6 Å². The van der Waals surface area contributed by atoms with Crippen LogP contribution in [0.15, 0.2) is 78.2 Å². The fraction of sp³-hybridized carbons (Fsp3) is 0.387. The van der Waals surface area contributed by atoms with Crippen LogP contribution in [0.5, 0.6) is 0 Å². The molecule has 0 amide bonds. The number of carbonyl (C=O) groups excluding carboxylic acids is 1. The summed E-state index contributed by atoms with van der Waals surface area (Å²) in [7, 11) is 0. The molecule has 0 atom stereocenters. The van der Waals surface area contributed by atoms with Crippen molar-refractivity contribution in [3.8, 4) is 0 Å². The maximum absolute atomic E-state index is 13.1. The Bertz CT molecular complexity index is 1170. The van der Waals surface area contributed by atoms with Gasteiger partial charge in [0.1, 0.15) is 5.82 Å². The van der Waals surface area contributed by atoms with Gasteiger partial charge in [0, 0.05) is 62.3 Å². The molecule has 0 aliphatic carbocycles. The number of imidazole rings is 1. The van der Waals surface area contributed by atoms with Gasteiger partial charge in [0.15, 0.2) is 5.78 Å². The number of carbonyl (C=O) groups is 1. The highest BCUT2D eigenvalue weighted by Gasteiger charge is 2.14. The van der Waals surface area contributed by atoms with E-state index in [1.165, 1.54) is 11.1 Å². The van der Waals surface area contributed by atoms with Gasteiger partial charge in [0.2, 0.25) is 0 Å². The largest absolute Gasteiger partial charge is 0.348 e. The number of H-pyrrole nitrogens is 1. The minimum Gasteiger partial charge on any atom is -0.348 e. The number of aromatic nitrogens is 2. The third-order valence-corrected chi connectivity index (χ3v) is 6.57. The summed E-state index contributed by atoms with van der Waals surface area (Å²) < 4.78 is 0. The molecule has 1 N–H and O–H groups in total. The van der Waals surface area contributed by atoms with Crippen LogP contribution in [0.1, 0.15) is 66.0 Å². The second kappa shape index (κ2) is 13.8. The van der Waals surface area contributed by atoms with Crippen molar-refractivity contribution in [3.63, 3.8) is 0 Å². The minimum absolute atomic E-state index is 0.154. The van der Waals surface area contributed by atoms with Crippen molar-refractivity contribution >= 4 is 11.5 Å². The molecular weight excluding hydrogens is 458 g/mol. The van der Waals surface area contributed by atoms with Crippen LogP contribution < -0.4 is 0 Å². The van der Waals surface area contributed by atoms with Crippen molar-refractivity contribution < 1.29 is 4.79 Å². The predicted octanol–water partition coefficient (Wildman–Crippen LogP) is 5.82. The fourth-order valence-electron chi connectivity index (χ4n) is 4.87. The molecule has 2 heterocycles. The number of ketones is 1. The Morgan fingerprint density at radius 3 is 2.32 bits per heavy atom. The van der Waals surface area contributed by atoms with Gasteiger partial charge in [-0.1, -0.05) is 68.5 Å². The predicted molar refractivity (Wildman–Crippen MR) is 151 cm³/mol. The molecule has 0 unspecified atom stereocenters. The van der Waals surface area contributed by atoms with Crippen LogP contribution in [0, 0.1) is 0 Å². The van der Waals surface area contributed by atoms with Crippen molar-refractivity contribution in [1.29, 1.82) is 0 Å². The number of rotatable bonds is 15. The van der Waals surface area contributed by atoms with Crippen LogP contribution in [-0.4, -0.2) is 50.9 Å². The molecule has 0 bridgehead atoms. The lowest BCUT2D eigenvalue weighted by Crippen LogP contribution is -2.29. The van der Waals surface area contributed by atoms with Gasteiger partial charge < -0.3 is 4.98 Å². The van der Waals surface area contributed by atoms with Gasteiger partial charge in [0.05, 0.1) is 6.54 Å². The van der Waals surface area contributed by atoms with E-state index in [1.54, 1.807) is 6.20 Å². The fourth-order valence-corrected chi connectivity index (χ4v) is 4.87. The van der Waals surface area contributed by atoms with Gasteiger partial charge in [-0.15, -0.1) is 0 Å². The summed E-state index contributed by atoms with van der Waals surface area (Å²) in [4.78, 5) is 30.0. The molecule has 194 valence electrons. The molecule has 0 saturated heterocycles. The molecule has 6 nitrogen and oxygen atoms in total. The smallest absolute Gasteiger partial charge is 0.167 e. The van der Waals surface area contributed by atoms with E-state index in [1.807, 2.05) is 24.5 Å². The van der Waals surface area contributed by atoms with Crippen molar-refractivity contribution in [2.24, 2.45) is 4.99 Å². The van der Waals surface area contributed by atoms with Crippen LogP contribution in [0.3, 0.4) is 0 Å². The van der Waals surface area contributed by atoms with Crippen molar-refractivity contribution in [2.45, 2.75) is 59.2 Å². The molecule has 0 radical (unpaired) electrons. The Morgan fingerprint density at radius 1 is 0.892 bits per heavy atom. The van der Waals surface area contributed by atoms with Gasteiger partial charge in [-0.2, -0.15) is 0 Å². The number of Topliss-reactive ketones (excluding diaryl/α,β-unsaturated/α-hetero) is 1. The summed E-state index contributed by atoms with van der Waals surface area (Å²) in [6, 6.07) is 16.6. The summed E-state index contributed by atoms with van der Waals surface area (Å²) in [6.07, 6.45) is 11.2. The van der Waals surface area contributed by atoms with E-state index in [0.29, 0.717) is 6.42 Å². The normalized spacial score (nSPS) is 13.0. The average molecular weight is 498 g/mol. The number of nitrogens with one attached hydrogen (secondary N) is 1. The number of hydrogen-bond donors (Lipinski definition) is 1. The van der Waals surface area contributed by atoms with Crippen LogP contribution in [0.2, 0.25) is 0 Å². The highest BCUT2D eigenvalue weighted by atomic mass is 16.1. The van der Waals surface area contributed by atoms with E-state index < -0.39 is 0 Å². The Hall–Kier alpha value is -3.35. The van der Waals surface area contributed by atoms with E-state index in [0.717, 1.165) is 81.2 Å². The minimum atomic E-state index is 0.154. The topological polar surface area (TPSA) is 64.6 Å². The second-order valence-electron chi connectivity index (χ2n) is 9.86. The maximum Gasteiger partial charge on any atom is 0.167 e. The van der Waals surface area contributed by atoms with E-state index >= 15 is 0 Å². The van der Waals surface area contributed by atoms with E-state index in [-0.39, 0.29) is 5.78 Å². The SMILES string of the molecule is CCCN(CCC)Cc1cccc(CC(=O)c2ccc(CN(CC3=NC=CC3)Cc3ncc[nH]3)cc2)c1. The lowest BCUT2D eigenvalue weighted by atomic mass is 10.00. The quantitative estimate of drug-likeness (QED) is 0.269. The molecule has 2 aromatic carbocycles. The first kappa shape index (κ1) is 26.7. The number of allylic oxidation sites excluding steroid dienone is 1. The third kappa shape index (κ3) is 8.34. The van der Waals surface area contributed by atoms with Crippen molar-refractivity contribution in [2.75, 3.05) is 19.6 Å². The van der Waals surface area contributed by atoms with Gasteiger partial charge in [0.25, 0.3) is 0 Å². The number of aliphatic imine (C=N–C) groups is 1. The van der Waals surface area contributed by atoms with Crippen LogP contribution in [0.25, 0.3) is 0 Å². The summed E-state index contributed by atoms with van der Waals surface area (Å²) in [5.41, 5.74) is 5.45. The van der Waals surface area contributed by atoms with Gasteiger partial charge >= 0.3 is 0 Å². The van der Waals surface area contributed by atoms with E-state index in [2.05, 4.69) is 81.1 Å². The highest BCUT2D eigenvalue weighted by molar-refractivity contribution is 5.97. The van der Waals surface area contributed by atoms with E-state index in [9.17, 15) is 4.79 Å². The van der Waals surface area contributed by atoms with Crippen LogP contribution in [0.4, 0.5) is 0 Å². The number of aromatic amines is 1. The lowest BCUT2D eigenvalue weighted by Gasteiger charge is -2.21. The lowest BCUT2D eigenvalue weighted by molar-refractivity contribution is 0.0993. The first-order chi connectivity index (χ1) is 18.1. The first-order valence-corrected chi connectivity index (χ1v) is 13.5. The highest BCUT2D eigenvalue weighted by Crippen LogP contribution is 2.15. The second-order valence-corrected chi connectivity index (χ2v) is 9.86. The van der Waals surface area contributed by atoms with Crippen molar-refractivity contribution in [3.05, 3.63) is 101 Å². The molecule has 0 saturated carbocycles. The van der Waals surface area contributed by atoms with Crippen LogP contribution >= 0.6 is 0 Å². The molecule has 4 rings (SSSR count). The summed E-state index contributed by atoms with van der Waals surface area (Å²) in [5, 5.41) is 0. The standard InChI is InChI=1S/C31H39N5O/c1-3-17-35(18-4-2)22-27-8-5-7-26(19-27)20-30(37)28-12-10-25(11-13-28)21-36(23-29-9-6-14-32-29)24-31-33-15-16-34-31/h5-8,10-16,19H,3-4,9,17-18,20-24H2,1-2H3,(H,33,34). The monoisotopic (exact) mass is 497 g/mol. The molecule has 1 aliphatic heterocycles. The number of nitrogens with zero attached hydrogens (tertiary/aromatic N) is 4. The summed E-state index contributed by atoms with van der Waals surface area (Å²) in [5.74, 6) is 1.09. The first-order valence-electron chi connectivity index (χ1n) is 13.5. The maximum atomic E-state index is 13.1. The summed E-state index contributed by atoms with van der Waals surface area (Å²) in [6.45, 7) is 9.87. The van der Waals surface area contributed by atoms with Crippen molar-refractivity contribution in [1.82, 2.24) is 19.8 Å². The van der Waals surface area contributed by atoms with Gasteiger partial charge in [-0.3, -0.25) is 19.6 Å². The Balaban J connectivity index is 1.36. The third-order valence-electron chi connectivity index (χ3n) is 6.57. The molecule has 0 spiro atoms. The number of benzene rings is 2. The zero-order valence-electron chi connectivity index (χ0n) is 22.2. The summed E-state index contributed by atoms with van der Waals surface area (Å²) >= 11 is 0. The Morgan fingerprint density at radius 2 is 1.65 bits per heavy atom. The Labute approximate surface area is 221 Å². The molecule has 6 heteroatoms. The molecule has 1 aromatic heterocycles.